The van der Waals surface area contributed by atoms with Crippen LogP contribution in [-0.4, -0.2) is 37.1 Å². The molecule has 1 aliphatic rings. The van der Waals surface area contributed by atoms with Crippen molar-refractivity contribution in [1.29, 1.82) is 0 Å². The van der Waals surface area contributed by atoms with E-state index in [9.17, 15) is 5.11 Å². The van der Waals surface area contributed by atoms with Crippen LogP contribution in [0.4, 0.5) is 0 Å². The molecule has 1 aromatic carbocycles. The maximum absolute atomic E-state index is 10.5. The molecular formula is C15H22O3. The highest BCUT2D eigenvalue weighted by atomic mass is 16.5. The summed E-state index contributed by atoms with van der Waals surface area (Å²) in [5.41, 5.74) is 1.94. The molecular weight excluding hydrogens is 228 g/mol. The second kappa shape index (κ2) is 5.83. The Morgan fingerprint density at radius 1 is 1.28 bits per heavy atom. The summed E-state index contributed by atoms with van der Waals surface area (Å²) in [5.74, 6) is 0. The van der Waals surface area contributed by atoms with Crippen molar-refractivity contribution in [2.45, 2.75) is 37.9 Å². The van der Waals surface area contributed by atoms with Crippen LogP contribution < -0.4 is 0 Å². The highest BCUT2D eigenvalue weighted by Gasteiger charge is 2.39. The molecule has 1 N–H and O–H groups in total. The van der Waals surface area contributed by atoms with Gasteiger partial charge in [-0.25, -0.2) is 0 Å². The molecule has 1 heterocycles. The monoisotopic (exact) mass is 250 g/mol. The molecule has 1 aromatic rings. The number of methoxy groups -OCH3 is 1. The van der Waals surface area contributed by atoms with Gasteiger partial charge in [-0.3, -0.25) is 0 Å². The Hall–Kier alpha value is -0.900. The van der Waals surface area contributed by atoms with E-state index >= 15 is 0 Å². The largest absolute Gasteiger partial charge is 0.390 e. The number of benzene rings is 1. The summed E-state index contributed by atoms with van der Waals surface area (Å²) in [4.78, 5) is 0. The van der Waals surface area contributed by atoms with Gasteiger partial charge in [0, 0.05) is 39.6 Å². The van der Waals surface area contributed by atoms with Gasteiger partial charge < -0.3 is 14.6 Å². The Morgan fingerprint density at radius 2 is 1.89 bits per heavy atom. The molecule has 0 amide bonds. The number of hydrogen-bond donors (Lipinski definition) is 1. The minimum atomic E-state index is -0.478. The van der Waals surface area contributed by atoms with Gasteiger partial charge in [-0.2, -0.15) is 0 Å². The van der Waals surface area contributed by atoms with Crippen molar-refractivity contribution in [3.05, 3.63) is 35.4 Å². The second-order valence-electron chi connectivity index (χ2n) is 5.09. The van der Waals surface area contributed by atoms with Gasteiger partial charge in [0.05, 0.1) is 11.7 Å². The minimum Gasteiger partial charge on any atom is -0.390 e. The zero-order chi connectivity index (χ0) is 13.0. The average molecular weight is 250 g/mol. The molecule has 3 nitrogen and oxygen atoms in total. The Kier molecular flexibility index (Phi) is 4.38. The molecule has 2 rings (SSSR count). The first kappa shape index (κ1) is 13.5. The Bertz CT molecular complexity index is 366. The molecule has 0 radical (unpaired) electrons. The van der Waals surface area contributed by atoms with Crippen LogP contribution >= 0.6 is 0 Å². The van der Waals surface area contributed by atoms with Gasteiger partial charge in [0.15, 0.2) is 0 Å². The first-order valence-electron chi connectivity index (χ1n) is 6.53. The molecule has 1 saturated heterocycles. The number of ether oxygens (including phenoxy) is 2. The molecule has 3 heteroatoms. The normalized spacial score (nSPS) is 20.6. The lowest BCUT2D eigenvalue weighted by Crippen LogP contribution is -2.49. The third kappa shape index (κ3) is 2.91. The summed E-state index contributed by atoms with van der Waals surface area (Å²) >= 11 is 0. The molecule has 1 aliphatic heterocycles. The predicted molar refractivity (Wildman–Crippen MR) is 70.7 cm³/mol. The van der Waals surface area contributed by atoms with Crippen molar-refractivity contribution in [3.8, 4) is 0 Å². The van der Waals surface area contributed by atoms with E-state index in [4.69, 9.17) is 9.47 Å². The predicted octanol–water partition coefficient (Wildman–Crippen LogP) is 2.09. The van der Waals surface area contributed by atoms with Crippen LogP contribution in [0.2, 0.25) is 0 Å². The second-order valence-corrected chi connectivity index (χ2v) is 5.09. The summed E-state index contributed by atoms with van der Waals surface area (Å²) in [6.45, 7) is 3.40. The maximum Gasteiger partial charge on any atom is 0.0983 e. The number of rotatable bonds is 4. The molecule has 100 valence electrons. The van der Waals surface area contributed by atoms with Crippen molar-refractivity contribution in [3.63, 3.8) is 0 Å². The molecule has 0 bridgehead atoms. The molecule has 0 saturated carbocycles. The zero-order valence-corrected chi connectivity index (χ0v) is 11.2. The van der Waals surface area contributed by atoms with Gasteiger partial charge in [0.2, 0.25) is 0 Å². The van der Waals surface area contributed by atoms with E-state index < -0.39 is 11.7 Å². The number of aliphatic hydroxyl groups excluding tert-OH is 1. The highest BCUT2D eigenvalue weighted by molar-refractivity contribution is 5.22. The van der Waals surface area contributed by atoms with E-state index in [1.165, 1.54) is 5.56 Å². The number of aryl methyl sites for hydroxylation is 1. The quantitative estimate of drug-likeness (QED) is 0.889. The first-order chi connectivity index (χ1) is 8.66. The van der Waals surface area contributed by atoms with Crippen LogP contribution in [0.5, 0.6) is 0 Å². The van der Waals surface area contributed by atoms with E-state index in [1.54, 1.807) is 7.11 Å². The molecule has 0 aromatic heterocycles. The zero-order valence-electron chi connectivity index (χ0n) is 11.2. The first-order valence-corrected chi connectivity index (χ1v) is 6.53. The summed E-state index contributed by atoms with van der Waals surface area (Å²) in [6.07, 6.45) is 1.68. The smallest absolute Gasteiger partial charge is 0.0983 e. The Balaban J connectivity index is 2.05. The van der Waals surface area contributed by atoms with Gasteiger partial charge in [0.1, 0.15) is 0 Å². The minimum absolute atomic E-state index is 0.441. The summed E-state index contributed by atoms with van der Waals surface area (Å²) in [7, 11) is 1.68. The van der Waals surface area contributed by atoms with Crippen molar-refractivity contribution in [2.75, 3.05) is 20.3 Å². The summed E-state index contributed by atoms with van der Waals surface area (Å²) in [5, 5.41) is 10.5. The van der Waals surface area contributed by atoms with Crippen LogP contribution in [0.3, 0.4) is 0 Å². The fraction of sp³-hybridized carbons (Fsp3) is 0.600. The Labute approximate surface area is 109 Å². The van der Waals surface area contributed by atoms with Crippen LogP contribution in [0.15, 0.2) is 24.3 Å². The maximum atomic E-state index is 10.5. The SMILES string of the molecule is COC1(C(O)Cc2ccc(C)cc2)CCOCC1. The van der Waals surface area contributed by atoms with Crippen LogP contribution in [0.1, 0.15) is 24.0 Å². The fourth-order valence-corrected chi connectivity index (χ4v) is 2.52. The fourth-order valence-electron chi connectivity index (χ4n) is 2.52. The molecule has 1 atom stereocenters. The average Bonchev–Trinajstić information content (AvgIpc) is 2.42. The van der Waals surface area contributed by atoms with Gasteiger partial charge in [-0.05, 0) is 12.5 Å². The Morgan fingerprint density at radius 3 is 2.44 bits per heavy atom. The summed E-state index contributed by atoms with van der Waals surface area (Å²) in [6, 6.07) is 8.29. The van der Waals surface area contributed by atoms with Gasteiger partial charge in [0.25, 0.3) is 0 Å². The molecule has 1 unspecified atom stereocenters. The van der Waals surface area contributed by atoms with Gasteiger partial charge in [-0.15, -0.1) is 0 Å². The molecule has 1 fully saturated rings. The van der Waals surface area contributed by atoms with Gasteiger partial charge >= 0.3 is 0 Å². The number of hydrogen-bond acceptors (Lipinski definition) is 3. The van der Waals surface area contributed by atoms with Crippen LogP contribution in [-0.2, 0) is 15.9 Å². The molecule has 0 spiro atoms. The van der Waals surface area contributed by atoms with E-state index in [0.29, 0.717) is 19.6 Å². The van der Waals surface area contributed by atoms with Crippen LogP contribution in [0, 0.1) is 6.92 Å². The topological polar surface area (TPSA) is 38.7 Å². The van der Waals surface area contributed by atoms with Crippen molar-refractivity contribution in [2.24, 2.45) is 0 Å². The molecule has 18 heavy (non-hydrogen) atoms. The third-order valence-corrected chi connectivity index (χ3v) is 3.90. The molecule has 0 aliphatic carbocycles. The lowest BCUT2D eigenvalue weighted by atomic mass is 9.84. The standard InChI is InChI=1S/C15H22O3/c1-12-3-5-13(6-4-12)11-14(16)15(17-2)7-9-18-10-8-15/h3-6,14,16H,7-11H2,1-2H3. The summed E-state index contributed by atoms with van der Waals surface area (Å²) < 4.78 is 11.0. The van der Waals surface area contributed by atoms with Crippen molar-refractivity contribution in [1.82, 2.24) is 0 Å². The van der Waals surface area contributed by atoms with Crippen molar-refractivity contribution >= 4 is 0 Å². The van der Waals surface area contributed by atoms with E-state index in [-0.39, 0.29) is 0 Å². The van der Waals surface area contributed by atoms with Crippen LogP contribution in [0.25, 0.3) is 0 Å². The van der Waals surface area contributed by atoms with E-state index in [0.717, 1.165) is 18.4 Å². The highest BCUT2D eigenvalue weighted by Crippen LogP contribution is 2.30. The van der Waals surface area contributed by atoms with Crippen molar-refractivity contribution < 1.29 is 14.6 Å². The lowest BCUT2D eigenvalue weighted by Gasteiger charge is -2.39. The lowest BCUT2D eigenvalue weighted by molar-refractivity contribution is -0.151. The van der Waals surface area contributed by atoms with Gasteiger partial charge in [-0.1, -0.05) is 29.8 Å². The van der Waals surface area contributed by atoms with E-state index in [2.05, 4.69) is 31.2 Å². The third-order valence-electron chi connectivity index (χ3n) is 3.90. The van der Waals surface area contributed by atoms with E-state index in [1.807, 2.05) is 0 Å². The number of aliphatic hydroxyl groups is 1.